The first-order valence-corrected chi connectivity index (χ1v) is 5.81. The van der Waals surface area contributed by atoms with Crippen molar-refractivity contribution in [2.75, 3.05) is 0 Å². The number of hydrogen-bond acceptors (Lipinski definition) is 4. The van der Waals surface area contributed by atoms with Gasteiger partial charge in [-0.2, -0.15) is 0 Å². The fourth-order valence-electron chi connectivity index (χ4n) is 1.82. The van der Waals surface area contributed by atoms with E-state index in [0.717, 1.165) is 22.6 Å². The lowest BCUT2D eigenvalue weighted by molar-refractivity contribution is 0.656. The SMILES string of the molecule is c1ccc2[nH]c(CNCc3cnccn3)nc2c1. The number of aromatic amines is 1. The Hall–Kier alpha value is -2.27. The number of nitrogens with one attached hydrogen (secondary N) is 2. The van der Waals surface area contributed by atoms with Crippen LogP contribution in [0.25, 0.3) is 11.0 Å². The fraction of sp³-hybridized carbons (Fsp3) is 0.154. The molecule has 0 bridgehead atoms. The lowest BCUT2D eigenvalue weighted by Crippen LogP contribution is -2.14. The Balaban J connectivity index is 1.63. The van der Waals surface area contributed by atoms with Gasteiger partial charge >= 0.3 is 0 Å². The molecule has 0 aliphatic rings. The molecular weight excluding hydrogens is 226 g/mol. The summed E-state index contributed by atoms with van der Waals surface area (Å²) in [4.78, 5) is 16.0. The van der Waals surface area contributed by atoms with E-state index in [9.17, 15) is 0 Å². The van der Waals surface area contributed by atoms with Crippen LogP contribution in [0, 0.1) is 0 Å². The van der Waals surface area contributed by atoms with Crippen molar-refractivity contribution in [3.63, 3.8) is 0 Å². The molecule has 3 aromatic rings. The van der Waals surface area contributed by atoms with Crippen LogP contribution in [0.2, 0.25) is 0 Å². The molecule has 0 amide bonds. The zero-order valence-electron chi connectivity index (χ0n) is 9.80. The van der Waals surface area contributed by atoms with Gasteiger partial charge in [0.15, 0.2) is 0 Å². The van der Waals surface area contributed by atoms with Gasteiger partial charge in [0.25, 0.3) is 0 Å². The van der Waals surface area contributed by atoms with Gasteiger partial charge in [0.05, 0.1) is 23.3 Å². The number of benzene rings is 1. The maximum atomic E-state index is 4.49. The van der Waals surface area contributed by atoms with E-state index in [2.05, 4.69) is 25.3 Å². The fourth-order valence-corrected chi connectivity index (χ4v) is 1.82. The Bertz CT molecular complexity index is 599. The van der Waals surface area contributed by atoms with Crippen LogP contribution in [0.4, 0.5) is 0 Å². The van der Waals surface area contributed by atoms with E-state index in [0.29, 0.717) is 13.1 Å². The summed E-state index contributed by atoms with van der Waals surface area (Å²) in [6.07, 6.45) is 5.12. The second-order valence-electron chi connectivity index (χ2n) is 4.00. The first kappa shape index (κ1) is 10.9. The van der Waals surface area contributed by atoms with Crippen molar-refractivity contribution >= 4 is 11.0 Å². The minimum atomic E-state index is 0.685. The van der Waals surface area contributed by atoms with E-state index in [4.69, 9.17) is 0 Å². The summed E-state index contributed by atoms with van der Waals surface area (Å²) in [5, 5.41) is 3.28. The molecule has 5 heteroatoms. The zero-order chi connectivity index (χ0) is 12.2. The Morgan fingerprint density at radius 3 is 2.89 bits per heavy atom. The van der Waals surface area contributed by atoms with Crippen molar-refractivity contribution in [2.24, 2.45) is 0 Å². The maximum absolute atomic E-state index is 4.49. The van der Waals surface area contributed by atoms with Crippen LogP contribution in [0.1, 0.15) is 11.5 Å². The number of rotatable bonds is 4. The molecule has 2 aromatic heterocycles. The Kier molecular flexibility index (Phi) is 2.97. The summed E-state index contributed by atoms with van der Waals surface area (Å²) in [7, 11) is 0. The van der Waals surface area contributed by atoms with E-state index < -0.39 is 0 Å². The molecule has 2 N–H and O–H groups in total. The second-order valence-corrected chi connectivity index (χ2v) is 4.00. The molecule has 0 radical (unpaired) electrons. The molecule has 0 unspecified atom stereocenters. The van der Waals surface area contributed by atoms with Crippen molar-refractivity contribution < 1.29 is 0 Å². The lowest BCUT2D eigenvalue weighted by Gasteiger charge is -2.00. The predicted molar refractivity (Wildman–Crippen MR) is 68.7 cm³/mol. The van der Waals surface area contributed by atoms with Gasteiger partial charge in [0.1, 0.15) is 5.82 Å². The second kappa shape index (κ2) is 4.93. The van der Waals surface area contributed by atoms with Crippen molar-refractivity contribution in [3.8, 4) is 0 Å². The molecule has 0 aliphatic carbocycles. The Morgan fingerprint density at radius 1 is 1.11 bits per heavy atom. The standard InChI is InChI=1S/C13H13N5/c1-2-4-12-11(3-1)17-13(18-12)9-15-8-10-7-14-5-6-16-10/h1-7,15H,8-9H2,(H,17,18). The van der Waals surface area contributed by atoms with Crippen LogP contribution in [0.5, 0.6) is 0 Å². The van der Waals surface area contributed by atoms with Gasteiger partial charge in [0.2, 0.25) is 0 Å². The molecule has 1 aromatic carbocycles. The number of fused-ring (bicyclic) bond motifs is 1. The van der Waals surface area contributed by atoms with E-state index in [1.165, 1.54) is 0 Å². The molecule has 0 fully saturated rings. The Morgan fingerprint density at radius 2 is 2.06 bits per heavy atom. The molecular formula is C13H13N5. The highest BCUT2D eigenvalue weighted by atomic mass is 15.0. The van der Waals surface area contributed by atoms with Gasteiger partial charge in [-0.1, -0.05) is 12.1 Å². The van der Waals surface area contributed by atoms with Crippen molar-refractivity contribution in [3.05, 3.63) is 54.4 Å². The molecule has 0 aliphatic heterocycles. The molecule has 0 saturated heterocycles. The van der Waals surface area contributed by atoms with E-state index in [1.807, 2.05) is 24.3 Å². The van der Waals surface area contributed by atoms with Crippen LogP contribution in [-0.2, 0) is 13.1 Å². The van der Waals surface area contributed by atoms with Crippen molar-refractivity contribution in [1.29, 1.82) is 0 Å². The van der Waals surface area contributed by atoms with Gasteiger partial charge in [-0.25, -0.2) is 4.98 Å². The smallest absolute Gasteiger partial charge is 0.121 e. The molecule has 5 nitrogen and oxygen atoms in total. The number of imidazole rings is 1. The summed E-state index contributed by atoms with van der Waals surface area (Å²) >= 11 is 0. The summed E-state index contributed by atoms with van der Waals surface area (Å²) in [6.45, 7) is 1.37. The van der Waals surface area contributed by atoms with Crippen LogP contribution >= 0.6 is 0 Å². The average molecular weight is 239 g/mol. The highest BCUT2D eigenvalue weighted by Crippen LogP contribution is 2.09. The normalized spacial score (nSPS) is 10.9. The van der Waals surface area contributed by atoms with Gasteiger partial charge in [-0.3, -0.25) is 9.97 Å². The Labute approximate surface area is 104 Å². The zero-order valence-corrected chi connectivity index (χ0v) is 9.80. The number of para-hydroxylation sites is 2. The third-order valence-electron chi connectivity index (χ3n) is 2.65. The largest absolute Gasteiger partial charge is 0.341 e. The first-order chi connectivity index (χ1) is 8.92. The minimum absolute atomic E-state index is 0.685. The molecule has 0 atom stereocenters. The van der Waals surface area contributed by atoms with E-state index in [1.54, 1.807) is 18.6 Å². The van der Waals surface area contributed by atoms with E-state index >= 15 is 0 Å². The van der Waals surface area contributed by atoms with Crippen molar-refractivity contribution in [1.82, 2.24) is 25.3 Å². The third-order valence-corrected chi connectivity index (χ3v) is 2.65. The predicted octanol–water partition coefficient (Wildman–Crippen LogP) is 1.64. The van der Waals surface area contributed by atoms with Crippen LogP contribution in [0.15, 0.2) is 42.9 Å². The quantitative estimate of drug-likeness (QED) is 0.726. The van der Waals surface area contributed by atoms with Crippen molar-refractivity contribution in [2.45, 2.75) is 13.1 Å². The third kappa shape index (κ3) is 2.36. The average Bonchev–Trinajstić information content (AvgIpc) is 2.82. The molecule has 90 valence electrons. The molecule has 0 spiro atoms. The number of nitrogens with zero attached hydrogens (tertiary/aromatic N) is 3. The molecule has 0 saturated carbocycles. The lowest BCUT2D eigenvalue weighted by atomic mass is 10.3. The highest BCUT2D eigenvalue weighted by molar-refractivity contribution is 5.74. The molecule has 2 heterocycles. The van der Waals surface area contributed by atoms with Crippen LogP contribution in [-0.4, -0.2) is 19.9 Å². The summed E-state index contributed by atoms with van der Waals surface area (Å²) in [6, 6.07) is 8.00. The molecule has 18 heavy (non-hydrogen) atoms. The van der Waals surface area contributed by atoms with Gasteiger partial charge < -0.3 is 10.3 Å². The molecule has 3 rings (SSSR count). The summed E-state index contributed by atoms with van der Waals surface area (Å²) in [5.74, 6) is 0.931. The summed E-state index contributed by atoms with van der Waals surface area (Å²) in [5.41, 5.74) is 2.98. The van der Waals surface area contributed by atoms with Gasteiger partial charge in [-0.15, -0.1) is 0 Å². The number of hydrogen-bond donors (Lipinski definition) is 2. The van der Waals surface area contributed by atoms with Crippen LogP contribution < -0.4 is 5.32 Å². The highest BCUT2D eigenvalue weighted by Gasteiger charge is 2.01. The maximum Gasteiger partial charge on any atom is 0.121 e. The van der Waals surface area contributed by atoms with Gasteiger partial charge in [0, 0.05) is 25.1 Å². The monoisotopic (exact) mass is 239 g/mol. The number of aromatic nitrogens is 4. The van der Waals surface area contributed by atoms with E-state index in [-0.39, 0.29) is 0 Å². The topological polar surface area (TPSA) is 66.5 Å². The summed E-state index contributed by atoms with van der Waals surface area (Å²) < 4.78 is 0. The number of H-pyrrole nitrogens is 1. The van der Waals surface area contributed by atoms with Gasteiger partial charge in [-0.05, 0) is 12.1 Å². The first-order valence-electron chi connectivity index (χ1n) is 5.81. The minimum Gasteiger partial charge on any atom is -0.341 e. The van der Waals surface area contributed by atoms with Crippen LogP contribution in [0.3, 0.4) is 0 Å².